The quantitative estimate of drug-likeness (QED) is 0.892. The largest absolute Gasteiger partial charge is 0.370 e. The van der Waals surface area contributed by atoms with Gasteiger partial charge >= 0.3 is 0 Å². The van der Waals surface area contributed by atoms with E-state index in [1.165, 1.54) is 12.1 Å². The molecule has 2 aromatic carbocycles. The van der Waals surface area contributed by atoms with Crippen LogP contribution in [0.5, 0.6) is 0 Å². The fourth-order valence-electron chi connectivity index (χ4n) is 2.02. The maximum atomic E-state index is 13.0. The highest BCUT2D eigenvalue weighted by Crippen LogP contribution is 2.25. The Labute approximate surface area is 125 Å². The molecule has 0 bridgehead atoms. The number of amides is 1. The van der Waals surface area contributed by atoms with Gasteiger partial charge in [-0.25, -0.2) is 4.39 Å². The van der Waals surface area contributed by atoms with Crippen LogP contribution in [-0.2, 0) is 21.3 Å². The maximum absolute atomic E-state index is 13.0. The average molecular weight is 305 g/mol. The summed E-state index contributed by atoms with van der Waals surface area (Å²) in [5.74, 6) is -0.134. The van der Waals surface area contributed by atoms with E-state index in [2.05, 4.69) is 0 Å². The Kier molecular flexibility index (Phi) is 5.22. The van der Waals surface area contributed by atoms with Crippen molar-refractivity contribution < 1.29 is 13.4 Å². The van der Waals surface area contributed by atoms with Crippen molar-refractivity contribution in [1.29, 1.82) is 0 Å². The molecule has 0 saturated carbocycles. The molecule has 0 aliphatic heterocycles. The minimum Gasteiger partial charge on any atom is -0.370 e. The van der Waals surface area contributed by atoms with Gasteiger partial charge in [0.2, 0.25) is 5.91 Å². The van der Waals surface area contributed by atoms with Gasteiger partial charge in [0.1, 0.15) is 5.82 Å². The van der Waals surface area contributed by atoms with Crippen LogP contribution < -0.4 is 5.73 Å². The highest BCUT2D eigenvalue weighted by molar-refractivity contribution is 7.84. The van der Waals surface area contributed by atoms with Crippen LogP contribution in [-0.4, -0.2) is 15.9 Å². The van der Waals surface area contributed by atoms with Gasteiger partial charge in [-0.1, -0.05) is 36.4 Å². The molecular weight excluding hydrogens is 289 g/mol. The van der Waals surface area contributed by atoms with Crippen LogP contribution in [0.2, 0.25) is 0 Å². The van der Waals surface area contributed by atoms with E-state index in [1.807, 2.05) is 24.3 Å². The van der Waals surface area contributed by atoms with Crippen molar-refractivity contribution in [2.45, 2.75) is 12.2 Å². The predicted octanol–water partition coefficient (Wildman–Crippen LogP) is 2.62. The van der Waals surface area contributed by atoms with Gasteiger partial charge in [0.25, 0.3) is 0 Å². The van der Waals surface area contributed by atoms with Gasteiger partial charge in [-0.2, -0.15) is 0 Å². The molecule has 0 aliphatic rings. The second-order valence-electron chi connectivity index (χ2n) is 4.67. The van der Waals surface area contributed by atoms with Crippen molar-refractivity contribution in [3.63, 3.8) is 0 Å². The number of hydrogen-bond acceptors (Lipinski definition) is 2. The number of carbonyl (C=O) groups is 1. The van der Waals surface area contributed by atoms with Crippen LogP contribution in [0.25, 0.3) is 11.1 Å². The molecule has 0 radical (unpaired) electrons. The third kappa shape index (κ3) is 4.49. The lowest BCUT2D eigenvalue weighted by atomic mass is 10.0. The zero-order valence-electron chi connectivity index (χ0n) is 11.4. The number of hydrogen-bond donors (Lipinski definition) is 1. The third-order valence-electron chi connectivity index (χ3n) is 3.07. The number of rotatable bonds is 6. The topological polar surface area (TPSA) is 60.2 Å². The maximum Gasteiger partial charge on any atom is 0.218 e. The molecule has 2 aromatic rings. The first kappa shape index (κ1) is 15.4. The number of carbonyl (C=O) groups excluding carboxylic acids is 1. The molecule has 1 amide bonds. The number of benzene rings is 2. The van der Waals surface area contributed by atoms with Crippen LogP contribution in [0, 0.1) is 5.82 Å². The molecular formula is C16H16FNO2S. The lowest BCUT2D eigenvalue weighted by molar-refractivity contribution is -0.117. The summed E-state index contributed by atoms with van der Waals surface area (Å²) in [5, 5.41) is 0. The minimum absolute atomic E-state index is 0.116. The predicted molar refractivity (Wildman–Crippen MR) is 82.4 cm³/mol. The zero-order chi connectivity index (χ0) is 15.2. The van der Waals surface area contributed by atoms with Crippen LogP contribution in [0.15, 0.2) is 48.5 Å². The molecule has 1 atom stereocenters. The third-order valence-corrected chi connectivity index (χ3v) is 4.36. The van der Waals surface area contributed by atoms with E-state index in [1.54, 1.807) is 12.1 Å². The van der Waals surface area contributed by atoms with Crippen molar-refractivity contribution in [3.05, 3.63) is 59.9 Å². The van der Waals surface area contributed by atoms with Gasteiger partial charge < -0.3 is 5.73 Å². The highest BCUT2D eigenvalue weighted by Gasteiger charge is 2.09. The SMILES string of the molecule is NC(=O)CC[S@@](=O)Cc1ccccc1-c1ccc(F)cc1. The lowest BCUT2D eigenvalue weighted by Crippen LogP contribution is -2.15. The summed E-state index contributed by atoms with van der Waals surface area (Å²) in [6.07, 6.45) is 0.116. The molecule has 5 heteroatoms. The summed E-state index contributed by atoms with van der Waals surface area (Å²) in [6.45, 7) is 0. The lowest BCUT2D eigenvalue weighted by Gasteiger charge is -2.09. The molecule has 3 nitrogen and oxygen atoms in total. The first-order valence-corrected chi connectivity index (χ1v) is 8.02. The normalized spacial score (nSPS) is 12.0. The van der Waals surface area contributed by atoms with E-state index in [-0.39, 0.29) is 18.0 Å². The van der Waals surface area contributed by atoms with Crippen LogP contribution in [0.4, 0.5) is 4.39 Å². The van der Waals surface area contributed by atoms with Gasteiger partial charge in [0.05, 0.1) is 0 Å². The Morgan fingerprint density at radius 1 is 1.10 bits per heavy atom. The fraction of sp³-hybridized carbons (Fsp3) is 0.188. The van der Waals surface area contributed by atoms with E-state index >= 15 is 0 Å². The Morgan fingerprint density at radius 3 is 2.43 bits per heavy atom. The Hall–Kier alpha value is -2.01. The van der Waals surface area contributed by atoms with Crippen LogP contribution in [0.3, 0.4) is 0 Å². The molecule has 110 valence electrons. The van der Waals surface area contributed by atoms with Crippen molar-refractivity contribution in [3.8, 4) is 11.1 Å². The number of halogens is 1. The summed E-state index contributed by atoms with van der Waals surface area (Å²) in [5.41, 5.74) is 7.76. The standard InChI is InChI=1S/C16H16FNO2S/c17-14-7-5-12(6-8-14)15-4-2-1-3-13(15)11-21(20)10-9-16(18)19/h1-8H,9-11H2,(H2,18,19)/t21-/m1/s1. The van der Waals surface area contributed by atoms with E-state index < -0.39 is 16.7 Å². The summed E-state index contributed by atoms with van der Waals surface area (Å²) >= 11 is 0. The second-order valence-corrected chi connectivity index (χ2v) is 6.25. The minimum atomic E-state index is -1.15. The molecule has 0 aliphatic carbocycles. The highest BCUT2D eigenvalue weighted by atomic mass is 32.2. The average Bonchev–Trinajstić information content (AvgIpc) is 2.47. The Bertz CT molecular complexity index is 656. The van der Waals surface area contributed by atoms with E-state index in [0.29, 0.717) is 5.75 Å². The first-order valence-electron chi connectivity index (χ1n) is 6.53. The molecule has 0 aromatic heterocycles. The summed E-state index contributed by atoms with van der Waals surface area (Å²) in [6, 6.07) is 13.7. The number of nitrogens with two attached hydrogens (primary N) is 1. The van der Waals surface area contributed by atoms with Crippen molar-refractivity contribution in [2.75, 3.05) is 5.75 Å². The monoisotopic (exact) mass is 305 g/mol. The molecule has 2 rings (SSSR count). The molecule has 0 fully saturated rings. The van der Waals surface area contributed by atoms with Crippen molar-refractivity contribution in [2.24, 2.45) is 5.73 Å². The van der Waals surface area contributed by atoms with Gasteiger partial charge in [-0.05, 0) is 28.8 Å². The van der Waals surface area contributed by atoms with E-state index in [0.717, 1.165) is 16.7 Å². The molecule has 0 saturated heterocycles. The van der Waals surface area contributed by atoms with Crippen LogP contribution >= 0.6 is 0 Å². The van der Waals surface area contributed by atoms with Gasteiger partial charge in [0, 0.05) is 28.7 Å². The van der Waals surface area contributed by atoms with Gasteiger partial charge in [0.15, 0.2) is 0 Å². The van der Waals surface area contributed by atoms with Crippen molar-refractivity contribution >= 4 is 16.7 Å². The smallest absolute Gasteiger partial charge is 0.218 e. The molecule has 2 N–H and O–H groups in total. The van der Waals surface area contributed by atoms with Crippen LogP contribution in [0.1, 0.15) is 12.0 Å². The second kappa shape index (κ2) is 7.13. The molecule has 21 heavy (non-hydrogen) atoms. The zero-order valence-corrected chi connectivity index (χ0v) is 12.2. The fourth-order valence-corrected chi connectivity index (χ4v) is 3.19. The summed E-state index contributed by atoms with van der Waals surface area (Å²) in [4.78, 5) is 10.7. The molecule has 0 spiro atoms. The Morgan fingerprint density at radius 2 is 1.76 bits per heavy atom. The van der Waals surface area contributed by atoms with E-state index in [9.17, 15) is 13.4 Å². The number of primary amides is 1. The Balaban J connectivity index is 2.19. The van der Waals surface area contributed by atoms with Gasteiger partial charge in [-0.15, -0.1) is 0 Å². The first-order chi connectivity index (χ1) is 10.1. The molecule has 0 unspecified atom stereocenters. The summed E-state index contributed by atoms with van der Waals surface area (Å²) in [7, 11) is -1.15. The summed E-state index contributed by atoms with van der Waals surface area (Å²) < 4.78 is 25.0. The van der Waals surface area contributed by atoms with Crippen molar-refractivity contribution in [1.82, 2.24) is 0 Å². The molecule has 0 heterocycles. The van der Waals surface area contributed by atoms with Gasteiger partial charge in [-0.3, -0.25) is 9.00 Å². The van der Waals surface area contributed by atoms with E-state index in [4.69, 9.17) is 5.73 Å².